The number of thioether (sulfide) groups is 1. The van der Waals surface area contributed by atoms with E-state index >= 15 is 0 Å². The molecule has 1 aromatic rings. The van der Waals surface area contributed by atoms with Crippen molar-refractivity contribution in [3.63, 3.8) is 0 Å². The zero-order chi connectivity index (χ0) is 14.9. The van der Waals surface area contributed by atoms with E-state index in [9.17, 15) is 14.7 Å². The van der Waals surface area contributed by atoms with Crippen LogP contribution in [-0.4, -0.2) is 40.7 Å². The number of carbonyl (C=O) groups is 2. The highest BCUT2D eigenvalue weighted by Gasteiger charge is 2.40. The molecular weight excluding hydrogens is 274 g/mol. The van der Waals surface area contributed by atoms with Crippen molar-refractivity contribution in [2.45, 2.75) is 31.2 Å². The molecule has 1 amide bonds. The minimum atomic E-state index is -0.915. The number of aryl methyl sites for hydroxylation is 1. The smallest absolute Gasteiger partial charge is 0.326 e. The quantitative estimate of drug-likeness (QED) is 0.870. The van der Waals surface area contributed by atoms with Gasteiger partial charge < -0.3 is 10.0 Å². The molecule has 1 aliphatic rings. The molecule has 1 aliphatic heterocycles. The Morgan fingerprint density at radius 3 is 2.70 bits per heavy atom. The average Bonchev–Trinajstić information content (AvgIpc) is 2.80. The van der Waals surface area contributed by atoms with Crippen LogP contribution in [-0.2, 0) is 4.79 Å². The summed E-state index contributed by atoms with van der Waals surface area (Å²) in [7, 11) is 0. The van der Waals surface area contributed by atoms with Gasteiger partial charge in [-0.25, -0.2) is 4.79 Å². The Morgan fingerprint density at radius 1 is 1.40 bits per heavy atom. The zero-order valence-electron chi connectivity index (χ0n) is 11.9. The normalized spacial score (nSPS) is 22.1. The maximum Gasteiger partial charge on any atom is 0.326 e. The van der Waals surface area contributed by atoms with E-state index in [1.807, 2.05) is 38.3 Å². The molecule has 2 atom stereocenters. The monoisotopic (exact) mass is 293 g/mol. The second-order valence-electron chi connectivity index (χ2n) is 5.23. The molecule has 1 fully saturated rings. The number of aliphatic carboxylic acids is 1. The minimum Gasteiger partial charge on any atom is -0.480 e. The number of amides is 1. The van der Waals surface area contributed by atoms with Crippen LogP contribution >= 0.6 is 11.8 Å². The molecular formula is C15H19NO3S. The minimum absolute atomic E-state index is 0.000453. The summed E-state index contributed by atoms with van der Waals surface area (Å²) in [6.45, 7) is 4.28. The number of carboxylic acid groups (broad SMARTS) is 1. The lowest BCUT2D eigenvalue weighted by Crippen LogP contribution is -2.43. The fraction of sp³-hybridized carbons (Fsp3) is 0.467. The maximum absolute atomic E-state index is 12.6. The van der Waals surface area contributed by atoms with Crippen molar-refractivity contribution < 1.29 is 14.7 Å². The van der Waals surface area contributed by atoms with Crippen molar-refractivity contribution in [2.75, 3.05) is 12.8 Å². The van der Waals surface area contributed by atoms with Gasteiger partial charge in [0, 0.05) is 17.0 Å². The molecule has 0 bridgehead atoms. The predicted molar refractivity (Wildman–Crippen MR) is 79.2 cm³/mol. The van der Waals surface area contributed by atoms with Crippen LogP contribution in [0.3, 0.4) is 0 Å². The first-order valence-corrected chi connectivity index (χ1v) is 7.86. The molecule has 0 spiro atoms. The molecule has 5 heteroatoms. The molecule has 1 heterocycles. The number of carboxylic acids is 1. The summed E-state index contributed by atoms with van der Waals surface area (Å²) in [6.07, 6.45) is 2.70. The Morgan fingerprint density at radius 2 is 2.10 bits per heavy atom. The van der Waals surface area contributed by atoms with Crippen LogP contribution in [0.15, 0.2) is 23.1 Å². The lowest BCUT2D eigenvalue weighted by atomic mass is 10.0. The van der Waals surface area contributed by atoms with Gasteiger partial charge in [0.2, 0.25) is 0 Å². The second kappa shape index (κ2) is 5.87. The van der Waals surface area contributed by atoms with Crippen LogP contribution < -0.4 is 0 Å². The molecule has 20 heavy (non-hydrogen) atoms. The largest absolute Gasteiger partial charge is 0.480 e. The topological polar surface area (TPSA) is 57.6 Å². The lowest BCUT2D eigenvalue weighted by Gasteiger charge is -2.24. The fourth-order valence-electron chi connectivity index (χ4n) is 2.66. The summed E-state index contributed by atoms with van der Waals surface area (Å²) in [4.78, 5) is 26.5. The van der Waals surface area contributed by atoms with Crippen LogP contribution in [0, 0.1) is 12.8 Å². The third kappa shape index (κ3) is 2.68. The number of hydrogen-bond donors (Lipinski definition) is 1. The van der Waals surface area contributed by atoms with Gasteiger partial charge in [0.15, 0.2) is 0 Å². The van der Waals surface area contributed by atoms with E-state index in [2.05, 4.69) is 0 Å². The Bertz CT molecular complexity index is 544. The zero-order valence-corrected chi connectivity index (χ0v) is 12.7. The first kappa shape index (κ1) is 14.9. The Kier molecular flexibility index (Phi) is 4.38. The first-order valence-electron chi connectivity index (χ1n) is 6.64. The van der Waals surface area contributed by atoms with Gasteiger partial charge in [-0.3, -0.25) is 4.79 Å². The van der Waals surface area contributed by atoms with Crippen molar-refractivity contribution in [2.24, 2.45) is 5.92 Å². The van der Waals surface area contributed by atoms with E-state index in [0.29, 0.717) is 12.1 Å². The van der Waals surface area contributed by atoms with Crippen LogP contribution in [0.1, 0.15) is 29.3 Å². The highest BCUT2D eigenvalue weighted by atomic mass is 32.2. The SMILES string of the molecule is CSc1ccc(C)c(C(=O)N2CCC(C)C2C(=O)O)c1. The van der Waals surface area contributed by atoms with E-state index in [1.165, 1.54) is 4.90 Å². The van der Waals surface area contributed by atoms with Gasteiger partial charge in [0.1, 0.15) is 6.04 Å². The Balaban J connectivity index is 2.34. The third-order valence-corrected chi connectivity index (χ3v) is 4.61. The molecule has 1 saturated heterocycles. The number of hydrogen-bond acceptors (Lipinski definition) is 3. The van der Waals surface area contributed by atoms with Gasteiger partial charge in [0.05, 0.1) is 0 Å². The highest BCUT2D eigenvalue weighted by Crippen LogP contribution is 2.28. The molecule has 1 N–H and O–H groups in total. The molecule has 108 valence electrons. The second-order valence-corrected chi connectivity index (χ2v) is 6.11. The Hall–Kier alpha value is -1.49. The summed E-state index contributed by atoms with van der Waals surface area (Å²) in [5.41, 5.74) is 1.49. The molecule has 0 saturated carbocycles. The number of rotatable bonds is 3. The molecule has 2 unspecified atom stereocenters. The standard InChI is InChI=1S/C15H19NO3S/c1-9-4-5-11(20-3)8-12(9)14(17)16-7-6-10(2)13(16)15(18)19/h4-5,8,10,13H,6-7H2,1-3H3,(H,18,19). The maximum atomic E-state index is 12.6. The third-order valence-electron chi connectivity index (χ3n) is 3.89. The molecule has 0 aromatic heterocycles. The lowest BCUT2D eigenvalue weighted by molar-refractivity contribution is -0.142. The van der Waals surface area contributed by atoms with Gasteiger partial charge in [0.25, 0.3) is 5.91 Å². The van der Waals surface area contributed by atoms with E-state index in [0.717, 1.165) is 16.9 Å². The van der Waals surface area contributed by atoms with E-state index in [-0.39, 0.29) is 11.8 Å². The van der Waals surface area contributed by atoms with Gasteiger partial charge in [-0.2, -0.15) is 0 Å². The van der Waals surface area contributed by atoms with Gasteiger partial charge >= 0.3 is 5.97 Å². The van der Waals surface area contributed by atoms with E-state index in [1.54, 1.807) is 11.8 Å². The molecule has 4 nitrogen and oxygen atoms in total. The number of carbonyl (C=O) groups excluding carboxylic acids is 1. The molecule has 0 aliphatic carbocycles. The Labute approximate surface area is 123 Å². The van der Waals surface area contributed by atoms with Crippen molar-refractivity contribution in [1.82, 2.24) is 4.90 Å². The number of likely N-dealkylation sites (tertiary alicyclic amines) is 1. The fourth-order valence-corrected chi connectivity index (χ4v) is 3.10. The highest BCUT2D eigenvalue weighted by molar-refractivity contribution is 7.98. The van der Waals surface area contributed by atoms with E-state index < -0.39 is 12.0 Å². The van der Waals surface area contributed by atoms with Crippen molar-refractivity contribution in [3.8, 4) is 0 Å². The summed E-state index contributed by atoms with van der Waals surface area (Å²) in [5.74, 6) is -1.09. The molecule has 1 aromatic carbocycles. The number of nitrogens with zero attached hydrogens (tertiary/aromatic N) is 1. The van der Waals surface area contributed by atoms with Gasteiger partial charge in [-0.1, -0.05) is 13.0 Å². The first-order chi connectivity index (χ1) is 9.45. The van der Waals surface area contributed by atoms with Crippen LogP contribution in [0.4, 0.5) is 0 Å². The molecule has 0 radical (unpaired) electrons. The predicted octanol–water partition coefficient (Wildman–Crippen LogP) is 2.65. The number of benzene rings is 1. The summed E-state index contributed by atoms with van der Waals surface area (Å²) in [5, 5.41) is 9.32. The summed E-state index contributed by atoms with van der Waals surface area (Å²) >= 11 is 1.57. The van der Waals surface area contributed by atoms with Gasteiger partial charge in [-0.15, -0.1) is 11.8 Å². The van der Waals surface area contributed by atoms with Crippen LogP contribution in [0.25, 0.3) is 0 Å². The molecule has 2 rings (SSSR count). The van der Waals surface area contributed by atoms with Crippen molar-refractivity contribution in [1.29, 1.82) is 0 Å². The van der Waals surface area contributed by atoms with Gasteiger partial charge in [-0.05, 0) is 43.2 Å². The van der Waals surface area contributed by atoms with Crippen molar-refractivity contribution in [3.05, 3.63) is 29.3 Å². The van der Waals surface area contributed by atoms with Crippen LogP contribution in [0.2, 0.25) is 0 Å². The van der Waals surface area contributed by atoms with E-state index in [4.69, 9.17) is 0 Å². The summed E-state index contributed by atoms with van der Waals surface area (Å²) in [6, 6.07) is 5.02. The summed E-state index contributed by atoms with van der Waals surface area (Å²) < 4.78 is 0. The van der Waals surface area contributed by atoms with Crippen molar-refractivity contribution >= 4 is 23.6 Å². The van der Waals surface area contributed by atoms with Crippen LogP contribution in [0.5, 0.6) is 0 Å². The average molecular weight is 293 g/mol.